The molecule has 0 bridgehead atoms. The topological polar surface area (TPSA) is 65.1 Å². The van der Waals surface area contributed by atoms with Crippen LogP contribution in [0.3, 0.4) is 0 Å². The molecule has 0 spiro atoms. The molecule has 144 valence electrons. The van der Waals surface area contributed by atoms with Gasteiger partial charge in [-0.1, -0.05) is 0 Å². The van der Waals surface area contributed by atoms with Crippen LogP contribution >= 0.6 is 0 Å². The summed E-state index contributed by atoms with van der Waals surface area (Å²) in [5.41, 5.74) is 0.484. The smallest absolute Gasteiger partial charge is 0.406 e. The molecular weight excluding hydrogens is 355 g/mol. The zero-order valence-corrected chi connectivity index (χ0v) is 14.6. The molecule has 1 amide bonds. The van der Waals surface area contributed by atoms with Crippen molar-refractivity contribution in [2.75, 3.05) is 33.9 Å². The van der Waals surface area contributed by atoms with Crippen molar-refractivity contribution < 1.29 is 37.0 Å². The van der Waals surface area contributed by atoms with Crippen molar-refractivity contribution in [2.45, 2.75) is 13.1 Å². The first kappa shape index (κ1) is 21.3. The van der Waals surface area contributed by atoms with Gasteiger partial charge in [0, 0.05) is 12.1 Å². The highest BCUT2D eigenvalue weighted by Crippen LogP contribution is 2.23. The van der Waals surface area contributed by atoms with Crippen molar-refractivity contribution in [3.05, 3.63) is 29.8 Å². The van der Waals surface area contributed by atoms with E-state index in [1.54, 1.807) is 18.2 Å². The van der Waals surface area contributed by atoms with Gasteiger partial charge in [-0.3, -0.25) is 9.59 Å². The first-order valence-electron chi connectivity index (χ1n) is 7.61. The molecule has 0 aromatic heterocycles. The van der Waals surface area contributed by atoms with E-state index in [-0.39, 0.29) is 6.61 Å². The van der Waals surface area contributed by atoms with Crippen LogP contribution in [0.2, 0.25) is 0 Å². The minimum atomic E-state index is -4.64. The standard InChI is InChI=1S/C17H20F3NO5/c1-4-26-16(23)10-21(11-17(18,19)20)15(22)6-5-12-7-13(24-2)9-14(8-12)25-3/h5-9H,4,10-11H2,1-3H3/b6-5+. The zero-order chi connectivity index (χ0) is 19.7. The summed E-state index contributed by atoms with van der Waals surface area (Å²) in [5.74, 6) is -0.982. The molecule has 0 atom stereocenters. The van der Waals surface area contributed by atoms with E-state index < -0.39 is 31.1 Å². The predicted octanol–water partition coefficient (Wildman–Crippen LogP) is 2.67. The Morgan fingerprint density at radius 3 is 2.15 bits per heavy atom. The van der Waals surface area contributed by atoms with Gasteiger partial charge >= 0.3 is 12.1 Å². The third-order valence-corrected chi connectivity index (χ3v) is 3.10. The second-order valence-electron chi connectivity index (χ2n) is 5.09. The van der Waals surface area contributed by atoms with E-state index in [1.807, 2.05) is 0 Å². The molecule has 1 rings (SSSR count). The molecule has 0 aliphatic carbocycles. The van der Waals surface area contributed by atoms with E-state index >= 15 is 0 Å². The Hall–Kier alpha value is -2.71. The number of nitrogens with zero attached hydrogens (tertiary/aromatic N) is 1. The predicted molar refractivity (Wildman–Crippen MR) is 87.8 cm³/mol. The summed E-state index contributed by atoms with van der Waals surface area (Å²) in [6.45, 7) is -0.829. The third-order valence-electron chi connectivity index (χ3n) is 3.10. The number of alkyl halides is 3. The lowest BCUT2D eigenvalue weighted by molar-refractivity contribution is -0.164. The average molecular weight is 375 g/mol. The summed E-state index contributed by atoms with van der Waals surface area (Å²) in [6.07, 6.45) is -2.39. The number of methoxy groups -OCH3 is 2. The summed E-state index contributed by atoms with van der Waals surface area (Å²) in [6, 6.07) is 4.76. The maximum absolute atomic E-state index is 12.7. The second kappa shape index (κ2) is 9.69. The highest BCUT2D eigenvalue weighted by atomic mass is 19.4. The molecule has 0 radical (unpaired) electrons. The summed E-state index contributed by atoms with van der Waals surface area (Å²) in [4.78, 5) is 23.9. The van der Waals surface area contributed by atoms with Crippen LogP contribution in [0.1, 0.15) is 12.5 Å². The van der Waals surface area contributed by atoms with Crippen LogP contribution in [0.5, 0.6) is 11.5 Å². The quantitative estimate of drug-likeness (QED) is 0.516. The molecule has 0 unspecified atom stereocenters. The van der Waals surface area contributed by atoms with Gasteiger partial charge in [-0.25, -0.2) is 0 Å². The van der Waals surface area contributed by atoms with E-state index in [4.69, 9.17) is 9.47 Å². The fraction of sp³-hybridized carbons (Fsp3) is 0.412. The lowest BCUT2D eigenvalue weighted by Gasteiger charge is -2.21. The summed E-state index contributed by atoms with van der Waals surface area (Å²) in [7, 11) is 2.88. The van der Waals surface area contributed by atoms with E-state index in [9.17, 15) is 22.8 Å². The summed E-state index contributed by atoms with van der Waals surface area (Å²) >= 11 is 0. The maximum atomic E-state index is 12.7. The van der Waals surface area contributed by atoms with Crippen LogP contribution in [0, 0.1) is 0 Å². The van der Waals surface area contributed by atoms with Crippen LogP contribution in [0.15, 0.2) is 24.3 Å². The van der Waals surface area contributed by atoms with Crippen molar-refractivity contribution in [3.63, 3.8) is 0 Å². The Kier molecular flexibility index (Phi) is 7.95. The van der Waals surface area contributed by atoms with Gasteiger partial charge < -0.3 is 19.1 Å². The van der Waals surface area contributed by atoms with Crippen molar-refractivity contribution >= 4 is 18.0 Å². The third kappa shape index (κ3) is 7.45. The number of ether oxygens (including phenoxy) is 3. The first-order chi connectivity index (χ1) is 12.2. The second-order valence-corrected chi connectivity index (χ2v) is 5.09. The zero-order valence-electron chi connectivity index (χ0n) is 14.6. The number of carbonyl (C=O) groups is 2. The van der Waals surface area contributed by atoms with Crippen molar-refractivity contribution in [1.82, 2.24) is 4.90 Å². The Labute approximate surface area is 149 Å². The van der Waals surface area contributed by atoms with Gasteiger partial charge in [-0.2, -0.15) is 13.2 Å². The Balaban J connectivity index is 2.97. The normalized spacial score (nSPS) is 11.3. The van der Waals surface area contributed by atoms with Crippen LogP contribution in [0.25, 0.3) is 6.08 Å². The molecule has 6 nitrogen and oxygen atoms in total. The van der Waals surface area contributed by atoms with Crippen LogP contribution in [0.4, 0.5) is 13.2 Å². The van der Waals surface area contributed by atoms with Gasteiger partial charge in [0.05, 0.1) is 20.8 Å². The van der Waals surface area contributed by atoms with Crippen LogP contribution in [-0.4, -0.2) is 56.9 Å². The molecule has 9 heteroatoms. The molecule has 0 aliphatic heterocycles. The van der Waals surface area contributed by atoms with Gasteiger partial charge in [-0.15, -0.1) is 0 Å². The fourth-order valence-electron chi connectivity index (χ4n) is 1.99. The van der Waals surface area contributed by atoms with E-state index in [2.05, 4.69) is 4.74 Å². The van der Waals surface area contributed by atoms with Gasteiger partial charge in [0.2, 0.25) is 5.91 Å². The van der Waals surface area contributed by atoms with Crippen LogP contribution in [-0.2, 0) is 14.3 Å². The molecule has 0 fully saturated rings. The number of amides is 1. The van der Waals surface area contributed by atoms with Crippen molar-refractivity contribution in [1.29, 1.82) is 0 Å². The van der Waals surface area contributed by atoms with Gasteiger partial charge in [0.25, 0.3) is 0 Å². The Bertz CT molecular complexity index is 636. The minimum absolute atomic E-state index is 0.00628. The average Bonchev–Trinajstić information content (AvgIpc) is 2.57. The van der Waals surface area contributed by atoms with Gasteiger partial charge in [0.1, 0.15) is 24.6 Å². The fourth-order valence-corrected chi connectivity index (χ4v) is 1.99. The highest BCUT2D eigenvalue weighted by Gasteiger charge is 2.33. The minimum Gasteiger partial charge on any atom is -0.497 e. The Morgan fingerprint density at radius 2 is 1.69 bits per heavy atom. The molecule has 26 heavy (non-hydrogen) atoms. The molecule has 0 saturated heterocycles. The van der Waals surface area contributed by atoms with Gasteiger partial charge in [0.15, 0.2) is 0 Å². The number of hydrogen-bond acceptors (Lipinski definition) is 5. The van der Waals surface area contributed by atoms with Crippen molar-refractivity contribution in [2.24, 2.45) is 0 Å². The summed E-state index contributed by atoms with van der Waals surface area (Å²) < 4.78 is 52.7. The number of halogens is 3. The molecule has 0 heterocycles. The van der Waals surface area contributed by atoms with E-state index in [0.29, 0.717) is 22.0 Å². The largest absolute Gasteiger partial charge is 0.497 e. The molecule has 0 N–H and O–H groups in total. The lowest BCUT2D eigenvalue weighted by Crippen LogP contribution is -2.41. The molecule has 0 aliphatic rings. The van der Waals surface area contributed by atoms with Crippen LogP contribution < -0.4 is 9.47 Å². The monoisotopic (exact) mass is 375 g/mol. The van der Waals surface area contributed by atoms with E-state index in [0.717, 1.165) is 6.08 Å². The number of hydrogen-bond donors (Lipinski definition) is 0. The molecule has 0 saturated carbocycles. The highest BCUT2D eigenvalue weighted by molar-refractivity contribution is 5.93. The first-order valence-corrected chi connectivity index (χ1v) is 7.61. The van der Waals surface area contributed by atoms with Gasteiger partial charge in [-0.05, 0) is 30.7 Å². The SMILES string of the molecule is CCOC(=O)CN(CC(F)(F)F)C(=O)/C=C/c1cc(OC)cc(OC)c1. The number of carbonyl (C=O) groups excluding carboxylic acids is 2. The lowest BCUT2D eigenvalue weighted by atomic mass is 10.2. The molecule has 1 aromatic carbocycles. The number of rotatable bonds is 8. The Morgan fingerprint density at radius 1 is 1.12 bits per heavy atom. The number of esters is 1. The molecule has 1 aromatic rings. The number of benzene rings is 1. The van der Waals surface area contributed by atoms with Crippen molar-refractivity contribution in [3.8, 4) is 11.5 Å². The van der Waals surface area contributed by atoms with E-state index in [1.165, 1.54) is 27.2 Å². The molecular formula is C17H20F3NO5. The maximum Gasteiger partial charge on any atom is 0.406 e. The summed E-state index contributed by atoms with van der Waals surface area (Å²) in [5, 5.41) is 0.